The fraction of sp³-hybridized carbons (Fsp3) is 0.632. The van der Waals surface area contributed by atoms with Gasteiger partial charge >= 0.3 is 6.03 Å². The van der Waals surface area contributed by atoms with E-state index >= 15 is 0 Å². The molecule has 136 valence electrons. The Kier molecular flexibility index (Phi) is 9.23. The summed E-state index contributed by atoms with van der Waals surface area (Å²) >= 11 is 0. The number of carbonyl (C=O) groups is 1. The van der Waals surface area contributed by atoms with Crippen LogP contribution >= 0.6 is 0 Å². The van der Waals surface area contributed by atoms with E-state index in [0.717, 1.165) is 37.2 Å². The summed E-state index contributed by atoms with van der Waals surface area (Å²) in [4.78, 5) is 15.9. The number of hydrogen-bond acceptors (Lipinski definition) is 3. The molecule has 0 unspecified atom stereocenters. The van der Waals surface area contributed by atoms with Gasteiger partial charge in [0.15, 0.2) is 0 Å². The molecule has 1 aromatic carbocycles. The third-order valence-corrected chi connectivity index (χ3v) is 3.71. The normalized spacial score (nSPS) is 11.0. The molecule has 0 aromatic heterocycles. The number of carbonyl (C=O) groups excluding carboxylic acids is 1. The van der Waals surface area contributed by atoms with Crippen molar-refractivity contribution < 1.29 is 9.53 Å². The largest absolute Gasteiger partial charge is 0.492 e. The van der Waals surface area contributed by atoms with Crippen molar-refractivity contribution in [3.63, 3.8) is 0 Å². The molecule has 0 heterocycles. The number of urea groups is 1. The Morgan fingerprint density at radius 1 is 1.25 bits per heavy atom. The molecule has 0 fully saturated rings. The van der Waals surface area contributed by atoms with Gasteiger partial charge in [-0.1, -0.05) is 26.0 Å². The number of nitrogens with zero attached hydrogens (tertiary/aromatic N) is 2. The molecule has 0 aliphatic carbocycles. The van der Waals surface area contributed by atoms with E-state index in [2.05, 4.69) is 24.1 Å². The van der Waals surface area contributed by atoms with Crippen LogP contribution in [0.15, 0.2) is 24.3 Å². The van der Waals surface area contributed by atoms with E-state index in [-0.39, 0.29) is 6.03 Å². The highest BCUT2D eigenvalue weighted by Gasteiger charge is 2.09. The molecule has 0 radical (unpaired) electrons. The van der Waals surface area contributed by atoms with Crippen LogP contribution in [-0.4, -0.2) is 56.7 Å². The predicted molar refractivity (Wildman–Crippen MR) is 99.4 cm³/mol. The summed E-state index contributed by atoms with van der Waals surface area (Å²) in [6.45, 7) is 7.23. The summed E-state index contributed by atoms with van der Waals surface area (Å²) in [5.41, 5.74) is 1.07. The number of ether oxygens (including phenoxy) is 1. The average molecular weight is 335 g/mol. The number of hydrogen-bond donors (Lipinski definition) is 1. The maximum Gasteiger partial charge on any atom is 0.317 e. The van der Waals surface area contributed by atoms with Gasteiger partial charge in [-0.15, -0.1) is 0 Å². The molecule has 0 aliphatic heterocycles. The molecule has 5 heteroatoms. The quantitative estimate of drug-likeness (QED) is 0.668. The van der Waals surface area contributed by atoms with Crippen molar-refractivity contribution in [3.8, 4) is 5.75 Å². The predicted octanol–water partition coefficient (Wildman–Crippen LogP) is 3.20. The SMILES string of the molecule is CC(C)CCCNC(=O)N(C)Cc1cccc(OCCN(C)C)c1. The van der Waals surface area contributed by atoms with E-state index in [1.807, 2.05) is 45.4 Å². The molecule has 1 aromatic rings. The third-order valence-electron chi connectivity index (χ3n) is 3.71. The maximum absolute atomic E-state index is 12.1. The van der Waals surface area contributed by atoms with Crippen molar-refractivity contribution in [1.82, 2.24) is 15.1 Å². The highest BCUT2D eigenvalue weighted by Crippen LogP contribution is 2.14. The molecule has 5 nitrogen and oxygen atoms in total. The van der Waals surface area contributed by atoms with E-state index in [1.165, 1.54) is 0 Å². The van der Waals surface area contributed by atoms with Gasteiger partial charge in [0.2, 0.25) is 0 Å². The van der Waals surface area contributed by atoms with Crippen molar-refractivity contribution in [2.75, 3.05) is 40.8 Å². The minimum Gasteiger partial charge on any atom is -0.492 e. The molecule has 0 bridgehead atoms. The second kappa shape index (κ2) is 10.9. The molecular weight excluding hydrogens is 302 g/mol. The zero-order valence-corrected chi connectivity index (χ0v) is 15.8. The number of benzene rings is 1. The average Bonchev–Trinajstić information content (AvgIpc) is 2.51. The van der Waals surface area contributed by atoms with E-state index in [0.29, 0.717) is 19.1 Å². The van der Waals surface area contributed by atoms with E-state index in [4.69, 9.17) is 4.74 Å². The van der Waals surface area contributed by atoms with Gasteiger partial charge in [-0.25, -0.2) is 4.79 Å². The Hall–Kier alpha value is -1.75. The molecule has 1 rings (SSSR count). The van der Waals surface area contributed by atoms with Gasteiger partial charge in [0.1, 0.15) is 12.4 Å². The van der Waals surface area contributed by atoms with Crippen LogP contribution in [0.5, 0.6) is 5.75 Å². The first-order valence-electron chi connectivity index (χ1n) is 8.74. The highest BCUT2D eigenvalue weighted by atomic mass is 16.5. The minimum absolute atomic E-state index is 0.0299. The van der Waals surface area contributed by atoms with Crippen LogP contribution < -0.4 is 10.1 Å². The molecular formula is C19H33N3O2. The Morgan fingerprint density at radius 2 is 2.00 bits per heavy atom. The van der Waals surface area contributed by atoms with Crippen molar-refractivity contribution in [1.29, 1.82) is 0 Å². The molecule has 1 N–H and O–H groups in total. The topological polar surface area (TPSA) is 44.8 Å². The number of amides is 2. The Bertz CT molecular complexity index is 489. The van der Waals surface area contributed by atoms with E-state index in [1.54, 1.807) is 4.90 Å². The summed E-state index contributed by atoms with van der Waals surface area (Å²) in [6, 6.07) is 7.90. The molecule has 0 aliphatic rings. The first-order chi connectivity index (χ1) is 11.4. The zero-order valence-electron chi connectivity index (χ0n) is 15.8. The first-order valence-corrected chi connectivity index (χ1v) is 8.74. The Labute approximate surface area is 147 Å². The lowest BCUT2D eigenvalue weighted by Gasteiger charge is -2.19. The Morgan fingerprint density at radius 3 is 2.67 bits per heavy atom. The second-order valence-corrected chi connectivity index (χ2v) is 6.92. The molecule has 0 saturated heterocycles. The van der Waals surface area contributed by atoms with Gasteiger partial charge in [-0.3, -0.25) is 0 Å². The molecule has 0 spiro atoms. The van der Waals surface area contributed by atoms with Gasteiger partial charge in [-0.2, -0.15) is 0 Å². The van der Waals surface area contributed by atoms with Crippen LogP contribution in [0.4, 0.5) is 4.79 Å². The van der Waals surface area contributed by atoms with Crippen molar-refractivity contribution >= 4 is 6.03 Å². The van der Waals surface area contributed by atoms with E-state index in [9.17, 15) is 4.79 Å². The summed E-state index contributed by atoms with van der Waals surface area (Å²) in [7, 11) is 5.86. The molecule has 0 atom stereocenters. The van der Waals surface area contributed by atoms with Crippen LogP contribution in [0.1, 0.15) is 32.3 Å². The number of nitrogens with one attached hydrogen (secondary N) is 1. The van der Waals surface area contributed by atoms with Gasteiger partial charge < -0.3 is 19.9 Å². The summed E-state index contributed by atoms with van der Waals surface area (Å²) in [5, 5.41) is 2.97. The highest BCUT2D eigenvalue weighted by molar-refractivity contribution is 5.73. The fourth-order valence-corrected chi connectivity index (χ4v) is 2.27. The molecule has 24 heavy (non-hydrogen) atoms. The Balaban J connectivity index is 2.39. The third kappa shape index (κ3) is 8.77. The maximum atomic E-state index is 12.1. The van der Waals surface area contributed by atoms with Gasteiger partial charge in [-0.05, 0) is 50.6 Å². The lowest BCUT2D eigenvalue weighted by molar-refractivity contribution is 0.206. The minimum atomic E-state index is -0.0299. The summed E-state index contributed by atoms with van der Waals surface area (Å²) < 4.78 is 5.74. The van der Waals surface area contributed by atoms with Crippen LogP contribution in [0, 0.1) is 5.92 Å². The van der Waals surface area contributed by atoms with Crippen LogP contribution in [0.25, 0.3) is 0 Å². The first kappa shape index (κ1) is 20.3. The van der Waals surface area contributed by atoms with Gasteiger partial charge in [0.05, 0.1) is 0 Å². The standard InChI is InChI=1S/C19H33N3O2/c1-16(2)8-7-11-20-19(23)22(5)15-17-9-6-10-18(14-17)24-13-12-21(3)4/h6,9-10,14,16H,7-8,11-13,15H2,1-5H3,(H,20,23). The van der Waals surface area contributed by atoms with Crippen molar-refractivity contribution in [3.05, 3.63) is 29.8 Å². The van der Waals surface area contributed by atoms with Crippen LogP contribution in [0.3, 0.4) is 0 Å². The van der Waals surface area contributed by atoms with Gasteiger partial charge in [0, 0.05) is 26.7 Å². The fourth-order valence-electron chi connectivity index (χ4n) is 2.27. The van der Waals surface area contributed by atoms with Crippen LogP contribution in [0.2, 0.25) is 0 Å². The summed E-state index contributed by atoms with van der Waals surface area (Å²) in [6.07, 6.45) is 2.16. The van der Waals surface area contributed by atoms with Crippen molar-refractivity contribution in [2.24, 2.45) is 5.92 Å². The number of rotatable bonds is 10. The van der Waals surface area contributed by atoms with Crippen molar-refractivity contribution in [2.45, 2.75) is 33.2 Å². The van der Waals surface area contributed by atoms with Crippen LogP contribution in [-0.2, 0) is 6.54 Å². The lowest BCUT2D eigenvalue weighted by Crippen LogP contribution is -2.37. The lowest BCUT2D eigenvalue weighted by atomic mass is 10.1. The monoisotopic (exact) mass is 335 g/mol. The smallest absolute Gasteiger partial charge is 0.317 e. The zero-order chi connectivity index (χ0) is 17.9. The van der Waals surface area contributed by atoms with E-state index < -0.39 is 0 Å². The molecule has 0 saturated carbocycles. The number of likely N-dealkylation sites (N-methyl/N-ethyl adjacent to an activating group) is 1. The molecule has 2 amide bonds. The van der Waals surface area contributed by atoms with Gasteiger partial charge in [0.25, 0.3) is 0 Å². The summed E-state index contributed by atoms with van der Waals surface area (Å²) in [5.74, 6) is 1.52. The second-order valence-electron chi connectivity index (χ2n) is 6.92.